The SMILES string of the molecule is COc1ccc(N2CC(C(=O)NCCn3ncc4c(NCc5ccc(F)cc5)ncnc43)CC2=O)cc1. The summed E-state index contributed by atoms with van der Waals surface area (Å²) in [6, 6.07) is 13.4. The smallest absolute Gasteiger partial charge is 0.227 e. The highest BCUT2D eigenvalue weighted by Crippen LogP contribution is 2.27. The average Bonchev–Trinajstić information content (AvgIpc) is 3.52. The van der Waals surface area contributed by atoms with Crippen molar-refractivity contribution in [2.24, 2.45) is 5.92 Å². The number of nitrogens with one attached hydrogen (secondary N) is 2. The molecular formula is C26H26FN7O3. The van der Waals surface area contributed by atoms with Crippen LogP contribution in [0.3, 0.4) is 0 Å². The van der Waals surface area contributed by atoms with E-state index in [9.17, 15) is 14.0 Å². The molecule has 2 aromatic carbocycles. The summed E-state index contributed by atoms with van der Waals surface area (Å²) in [7, 11) is 1.58. The van der Waals surface area contributed by atoms with E-state index in [0.29, 0.717) is 43.4 Å². The number of fused-ring (bicyclic) bond motifs is 1. The Morgan fingerprint density at radius 3 is 2.68 bits per heavy atom. The quantitative estimate of drug-likeness (QED) is 0.361. The van der Waals surface area contributed by atoms with Crippen molar-refractivity contribution < 1.29 is 18.7 Å². The number of rotatable bonds is 9. The van der Waals surface area contributed by atoms with Crippen LogP contribution in [-0.4, -0.2) is 51.8 Å². The van der Waals surface area contributed by atoms with Crippen LogP contribution in [0.15, 0.2) is 61.1 Å². The van der Waals surface area contributed by atoms with Crippen LogP contribution in [0.5, 0.6) is 5.75 Å². The predicted octanol–water partition coefficient (Wildman–Crippen LogP) is 2.76. The summed E-state index contributed by atoms with van der Waals surface area (Å²) in [5.41, 5.74) is 2.29. The van der Waals surface area contributed by atoms with E-state index < -0.39 is 5.92 Å². The van der Waals surface area contributed by atoms with Gasteiger partial charge in [-0.2, -0.15) is 5.10 Å². The molecule has 1 atom stereocenters. The average molecular weight is 504 g/mol. The number of aromatic nitrogens is 4. The van der Waals surface area contributed by atoms with Gasteiger partial charge in [-0.15, -0.1) is 0 Å². The standard InChI is InChI=1S/C26H26FN7O3/c1-37-21-8-6-20(7-9-21)33-15-18(12-23(33)35)26(36)28-10-11-34-25-22(14-32-34)24(30-16-31-25)29-13-17-2-4-19(27)5-3-17/h2-9,14,16,18H,10-13,15H2,1H3,(H,28,36)(H,29,30,31). The lowest BCUT2D eigenvalue weighted by molar-refractivity contribution is -0.126. The maximum absolute atomic E-state index is 13.1. The van der Waals surface area contributed by atoms with Crippen LogP contribution >= 0.6 is 0 Å². The van der Waals surface area contributed by atoms with Crippen LogP contribution in [-0.2, 0) is 22.7 Å². The number of hydrogen-bond donors (Lipinski definition) is 2. The van der Waals surface area contributed by atoms with E-state index in [-0.39, 0.29) is 24.1 Å². The minimum atomic E-state index is -0.423. The molecule has 1 saturated heterocycles. The number of methoxy groups -OCH3 is 1. The predicted molar refractivity (Wildman–Crippen MR) is 136 cm³/mol. The van der Waals surface area contributed by atoms with Gasteiger partial charge in [-0.05, 0) is 42.0 Å². The summed E-state index contributed by atoms with van der Waals surface area (Å²) in [5, 5.41) is 11.3. The van der Waals surface area contributed by atoms with Crippen LogP contribution in [0.4, 0.5) is 15.9 Å². The van der Waals surface area contributed by atoms with Gasteiger partial charge in [-0.3, -0.25) is 9.59 Å². The monoisotopic (exact) mass is 503 g/mol. The number of nitrogens with zero attached hydrogens (tertiary/aromatic N) is 5. The fraction of sp³-hybridized carbons (Fsp3) is 0.269. The minimum Gasteiger partial charge on any atom is -0.497 e. The number of ether oxygens (including phenoxy) is 1. The molecule has 2 N–H and O–H groups in total. The highest BCUT2D eigenvalue weighted by Gasteiger charge is 2.35. The first-order chi connectivity index (χ1) is 18.0. The van der Waals surface area contributed by atoms with Crippen molar-refractivity contribution >= 4 is 34.4 Å². The van der Waals surface area contributed by atoms with Crippen molar-refractivity contribution in [3.05, 3.63) is 72.4 Å². The lowest BCUT2D eigenvalue weighted by Crippen LogP contribution is -2.35. The van der Waals surface area contributed by atoms with Crippen LogP contribution in [0.1, 0.15) is 12.0 Å². The molecule has 1 aliphatic heterocycles. The van der Waals surface area contributed by atoms with E-state index in [1.54, 1.807) is 47.2 Å². The van der Waals surface area contributed by atoms with Crippen molar-refractivity contribution in [1.82, 2.24) is 25.1 Å². The molecule has 5 rings (SSSR count). The number of carbonyl (C=O) groups is 2. The maximum Gasteiger partial charge on any atom is 0.227 e. The Bertz CT molecular complexity index is 1410. The summed E-state index contributed by atoms with van der Waals surface area (Å²) in [6.45, 7) is 1.55. The lowest BCUT2D eigenvalue weighted by Gasteiger charge is -2.17. The van der Waals surface area contributed by atoms with E-state index in [4.69, 9.17) is 4.74 Å². The van der Waals surface area contributed by atoms with Crippen molar-refractivity contribution in [2.75, 3.05) is 30.4 Å². The van der Waals surface area contributed by atoms with Crippen LogP contribution < -0.4 is 20.3 Å². The Morgan fingerprint density at radius 2 is 1.92 bits per heavy atom. The summed E-state index contributed by atoms with van der Waals surface area (Å²) in [5.74, 6) is 0.367. The molecule has 0 saturated carbocycles. The summed E-state index contributed by atoms with van der Waals surface area (Å²) >= 11 is 0. The Morgan fingerprint density at radius 1 is 1.14 bits per heavy atom. The molecule has 1 aliphatic rings. The van der Waals surface area contributed by atoms with Gasteiger partial charge in [0.05, 0.1) is 31.2 Å². The number of benzene rings is 2. The molecule has 37 heavy (non-hydrogen) atoms. The first-order valence-electron chi connectivity index (χ1n) is 11.9. The van der Waals surface area contributed by atoms with Gasteiger partial charge in [0.25, 0.3) is 0 Å². The van der Waals surface area contributed by atoms with Crippen molar-refractivity contribution in [2.45, 2.75) is 19.5 Å². The molecule has 190 valence electrons. The molecular weight excluding hydrogens is 477 g/mol. The van der Waals surface area contributed by atoms with E-state index in [2.05, 4.69) is 25.7 Å². The second kappa shape index (κ2) is 10.6. The number of anilines is 2. The third-order valence-corrected chi connectivity index (χ3v) is 6.31. The molecule has 10 nitrogen and oxygen atoms in total. The highest BCUT2D eigenvalue weighted by molar-refractivity contribution is 6.00. The second-order valence-electron chi connectivity index (χ2n) is 8.70. The van der Waals surface area contributed by atoms with Gasteiger partial charge in [-0.25, -0.2) is 19.0 Å². The van der Waals surface area contributed by atoms with E-state index >= 15 is 0 Å². The van der Waals surface area contributed by atoms with E-state index in [1.165, 1.54) is 18.5 Å². The zero-order valence-electron chi connectivity index (χ0n) is 20.2. The zero-order chi connectivity index (χ0) is 25.8. The van der Waals surface area contributed by atoms with Crippen molar-refractivity contribution in [3.8, 4) is 5.75 Å². The first kappa shape index (κ1) is 24.2. The molecule has 2 aromatic heterocycles. The molecule has 11 heteroatoms. The topological polar surface area (TPSA) is 114 Å². The largest absolute Gasteiger partial charge is 0.497 e. The fourth-order valence-electron chi connectivity index (χ4n) is 4.31. The van der Waals surface area contributed by atoms with E-state index in [1.807, 2.05) is 12.1 Å². The molecule has 1 fully saturated rings. The third kappa shape index (κ3) is 5.35. The summed E-state index contributed by atoms with van der Waals surface area (Å²) in [6.07, 6.45) is 3.29. The van der Waals surface area contributed by atoms with Crippen molar-refractivity contribution in [1.29, 1.82) is 0 Å². The van der Waals surface area contributed by atoms with Crippen LogP contribution in [0.2, 0.25) is 0 Å². The minimum absolute atomic E-state index is 0.0826. The lowest BCUT2D eigenvalue weighted by atomic mass is 10.1. The highest BCUT2D eigenvalue weighted by atomic mass is 19.1. The Balaban J connectivity index is 1.16. The van der Waals surface area contributed by atoms with Gasteiger partial charge in [0.1, 0.15) is 23.7 Å². The maximum atomic E-state index is 13.1. The Labute approximate surface area is 212 Å². The van der Waals surface area contributed by atoms with Crippen LogP contribution in [0, 0.1) is 11.7 Å². The molecule has 3 heterocycles. The summed E-state index contributed by atoms with van der Waals surface area (Å²) in [4.78, 5) is 35.5. The van der Waals surface area contributed by atoms with Crippen molar-refractivity contribution in [3.63, 3.8) is 0 Å². The molecule has 2 amide bonds. The molecule has 1 unspecified atom stereocenters. The van der Waals surface area contributed by atoms with Gasteiger partial charge in [-0.1, -0.05) is 12.1 Å². The molecule has 4 aromatic rings. The summed E-state index contributed by atoms with van der Waals surface area (Å²) < 4.78 is 20.0. The molecule has 0 aliphatic carbocycles. The number of carbonyl (C=O) groups excluding carboxylic acids is 2. The molecule has 0 spiro atoms. The Hall–Kier alpha value is -4.54. The molecule has 0 radical (unpaired) electrons. The normalized spacial score (nSPS) is 15.2. The first-order valence-corrected chi connectivity index (χ1v) is 11.9. The fourth-order valence-corrected chi connectivity index (χ4v) is 4.31. The van der Waals surface area contributed by atoms with Gasteiger partial charge >= 0.3 is 0 Å². The van der Waals surface area contributed by atoms with E-state index in [0.717, 1.165) is 16.6 Å². The van der Waals surface area contributed by atoms with Gasteiger partial charge in [0.15, 0.2) is 5.65 Å². The Kier molecular flexibility index (Phi) is 6.93. The molecule has 0 bridgehead atoms. The third-order valence-electron chi connectivity index (χ3n) is 6.31. The number of halogens is 1. The number of hydrogen-bond acceptors (Lipinski definition) is 7. The number of amides is 2. The van der Waals surface area contributed by atoms with Gasteiger partial charge in [0.2, 0.25) is 11.8 Å². The van der Waals surface area contributed by atoms with Gasteiger partial charge < -0.3 is 20.3 Å². The van der Waals surface area contributed by atoms with Gasteiger partial charge in [0, 0.05) is 31.7 Å². The second-order valence-corrected chi connectivity index (χ2v) is 8.70. The zero-order valence-corrected chi connectivity index (χ0v) is 20.2. The van der Waals surface area contributed by atoms with Crippen LogP contribution in [0.25, 0.3) is 11.0 Å².